The van der Waals surface area contributed by atoms with Gasteiger partial charge < -0.3 is 19.4 Å². The first-order valence-electron chi connectivity index (χ1n) is 7.86. The van der Waals surface area contributed by atoms with E-state index in [1.165, 1.54) is 18.7 Å². The van der Waals surface area contributed by atoms with Crippen LogP contribution in [0.25, 0.3) is 0 Å². The summed E-state index contributed by atoms with van der Waals surface area (Å²) >= 11 is 0. The van der Waals surface area contributed by atoms with E-state index in [1.54, 1.807) is 12.1 Å². The molecule has 2 saturated heterocycles. The minimum absolute atomic E-state index is 0.0872. The Morgan fingerprint density at radius 1 is 1.38 bits per heavy atom. The van der Waals surface area contributed by atoms with Gasteiger partial charge in [0.1, 0.15) is 0 Å². The van der Waals surface area contributed by atoms with Gasteiger partial charge in [-0.2, -0.15) is 0 Å². The van der Waals surface area contributed by atoms with Crippen LogP contribution in [0.4, 0.5) is 10.3 Å². The maximum atomic E-state index is 12.9. The molecule has 8 heteroatoms. The van der Waals surface area contributed by atoms with Crippen LogP contribution in [0, 0.1) is 17.7 Å². The summed E-state index contributed by atoms with van der Waals surface area (Å²) < 4.78 is 23.9. The van der Waals surface area contributed by atoms with Crippen molar-refractivity contribution < 1.29 is 18.3 Å². The smallest absolute Gasteiger partial charge is 0.286 e. The van der Waals surface area contributed by atoms with E-state index in [9.17, 15) is 9.18 Å². The van der Waals surface area contributed by atoms with Gasteiger partial charge in [-0.15, -0.1) is 0 Å². The lowest BCUT2D eigenvalue weighted by Gasteiger charge is -2.19. The third-order valence-electron chi connectivity index (χ3n) is 4.60. The van der Waals surface area contributed by atoms with Crippen LogP contribution < -0.4 is 10.2 Å². The zero-order valence-corrected chi connectivity index (χ0v) is 12.9. The van der Waals surface area contributed by atoms with Gasteiger partial charge in [0.15, 0.2) is 11.6 Å². The summed E-state index contributed by atoms with van der Waals surface area (Å²) in [6.45, 7) is 2.56. The lowest BCUT2D eigenvalue weighted by atomic mass is 9.93. The van der Waals surface area contributed by atoms with Gasteiger partial charge in [0, 0.05) is 31.5 Å². The first-order chi connectivity index (χ1) is 11.7. The molecule has 1 amide bonds. The topological polar surface area (TPSA) is 80.5 Å². The number of hydrogen-bond acceptors (Lipinski definition) is 6. The molecule has 24 heavy (non-hydrogen) atoms. The number of aromatic nitrogens is 2. The van der Waals surface area contributed by atoms with Gasteiger partial charge in [-0.25, -0.2) is 14.4 Å². The predicted octanol–water partition coefficient (Wildman–Crippen LogP) is 1.09. The number of amides is 1. The lowest BCUT2D eigenvalue weighted by molar-refractivity contribution is 0.0912. The van der Waals surface area contributed by atoms with E-state index in [4.69, 9.17) is 9.15 Å². The highest BCUT2D eigenvalue weighted by Gasteiger charge is 2.44. The molecular weight excluding hydrogens is 315 g/mol. The summed E-state index contributed by atoms with van der Waals surface area (Å²) in [6.07, 6.45) is 3.89. The molecule has 0 spiro atoms. The summed E-state index contributed by atoms with van der Waals surface area (Å²) in [5, 5.41) is 2.89. The van der Waals surface area contributed by atoms with Crippen LogP contribution in [0.1, 0.15) is 10.6 Å². The normalized spacial score (nSPS) is 25.7. The predicted molar refractivity (Wildman–Crippen MR) is 82.0 cm³/mol. The summed E-state index contributed by atoms with van der Waals surface area (Å²) in [5.74, 6) is 0.647. The molecule has 7 nitrogen and oxygen atoms in total. The number of carbonyl (C=O) groups is 1. The van der Waals surface area contributed by atoms with Gasteiger partial charge in [-0.1, -0.05) is 0 Å². The number of halogens is 1. The fourth-order valence-electron chi connectivity index (χ4n) is 3.36. The number of anilines is 1. The van der Waals surface area contributed by atoms with E-state index < -0.39 is 5.82 Å². The van der Waals surface area contributed by atoms with Crippen LogP contribution in [0.5, 0.6) is 0 Å². The monoisotopic (exact) mass is 332 g/mol. The van der Waals surface area contributed by atoms with Crippen molar-refractivity contribution in [2.24, 2.45) is 11.8 Å². The molecule has 2 aromatic heterocycles. The number of ether oxygens (including phenoxy) is 1. The van der Waals surface area contributed by atoms with E-state index in [0.29, 0.717) is 31.4 Å². The second-order valence-electron chi connectivity index (χ2n) is 6.09. The third-order valence-corrected chi connectivity index (χ3v) is 4.60. The number of fused-ring (bicyclic) bond motifs is 1. The average Bonchev–Trinajstić information content (AvgIpc) is 3.30. The number of nitrogens with zero attached hydrogens (tertiary/aromatic N) is 3. The Morgan fingerprint density at radius 2 is 2.21 bits per heavy atom. The second-order valence-corrected chi connectivity index (χ2v) is 6.09. The van der Waals surface area contributed by atoms with Crippen molar-refractivity contribution in [3.8, 4) is 0 Å². The molecule has 2 fully saturated rings. The Morgan fingerprint density at radius 3 is 2.96 bits per heavy atom. The minimum atomic E-state index is -0.451. The summed E-state index contributed by atoms with van der Waals surface area (Å²) in [7, 11) is 0. The average molecular weight is 332 g/mol. The number of nitrogens with one attached hydrogen (secondary N) is 1. The SMILES string of the molecule is O=C(NC[C@@H]1CO[C@H]2CN(c3ncc(F)cn3)C[C@@H]12)c1ccco1. The highest BCUT2D eigenvalue weighted by Crippen LogP contribution is 2.34. The summed E-state index contributed by atoms with van der Waals surface area (Å²) in [4.78, 5) is 22.0. The fraction of sp³-hybridized carbons (Fsp3) is 0.438. The van der Waals surface area contributed by atoms with E-state index in [1.807, 2.05) is 4.90 Å². The molecule has 126 valence electrons. The Kier molecular flexibility index (Phi) is 3.89. The molecule has 2 aliphatic heterocycles. The van der Waals surface area contributed by atoms with Crippen molar-refractivity contribution >= 4 is 11.9 Å². The fourth-order valence-corrected chi connectivity index (χ4v) is 3.36. The molecule has 0 aliphatic carbocycles. The Bertz CT molecular complexity index is 707. The van der Waals surface area contributed by atoms with Gasteiger partial charge in [0.25, 0.3) is 5.91 Å². The zero-order chi connectivity index (χ0) is 16.5. The van der Waals surface area contributed by atoms with Crippen LogP contribution in [0.3, 0.4) is 0 Å². The number of carbonyl (C=O) groups excluding carboxylic acids is 1. The molecule has 4 rings (SSSR count). The molecule has 2 aromatic rings. The maximum Gasteiger partial charge on any atom is 0.286 e. The van der Waals surface area contributed by atoms with E-state index >= 15 is 0 Å². The van der Waals surface area contributed by atoms with E-state index in [2.05, 4.69) is 15.3 Å². The molecular formula is C16H17FN4O3. The molecule has 0 bridgehead atoms. The number of furan rings is 1. The Balaban J connectivity index is 1.36. The molecule has 0 aromatic carbocycles. The Hall–Kier alpha value is -2.48. The summed E-state index contributed by atoms with van der Waals surface area (Å²) in [5.41, 5.74) is 0. The zero-order valence-electron chi connectivity index (χ0n) is 12.9. The van der Waals surface area contributed by atoms with Gasteiger partial charge in [0.05, 0.1) is 31.4 Å². The highest BCUT2D eigenvalue weighted by molar-refractivity contribution is 5.91. The van der Waals surface area contributed by atoms with Crippen LogP contribution >= 0.6 is 0 Å². The van der Waals surface area contributed by atoms with E-state index in [-0.39, 0.29) is 23.8 Å². The van der Waals surface area contributed by atoms with Crippen molar-refractivity contribution in [2.45, 2.75) is 6.10 Å². The van der Waals surface area contributed by atoms with Crippen LogP contribution in [0.2, 0.25) is 0 Å². The molecule has 0 radical (unpaired) electrons. The van der Waals surface area contributed by atoms with Crippen molar-refractivity contribution in [3.05, 3.63) is 42.4 Å². The number of rotatable bonds is 4. The van der Waals surface area contributed by atoms with Gasteiger partial charge in [0.2, 0.25) is 5.95 Å². The summed E-state index contributed by atoms with van der Waals surface area (Å²) in [6, 6.07) is 3.31. The molecule has 0 unspecified atom stereocenters. The van der Waals surface area contributed by atoms with Crippen molar-refractivity contribution in [1.29, 1.82) is 0 Å². The van der Waals surface area contributed by atoms with Crippen LogP contribution in [-0.4, -0.2) is 48.2 Å². The highest BCUT2D eigenvalue weighted by atomic mass is 19.1. The van der Waals surface area contributed by atoms with Crippen molar-refractivity contribution in [3.63, 3.8) is 0 Å². The third kappa shape index (κ3) is 2.84. The van der Waals surface area contributed by atoms with Gasteiger partial charge >= 0.3 is 0 Å². The molecule has 0 saturated carbocycles. The molecule has 1 N–H and O–H groups in total. The molecule has 3 atom stereocenters. The first-order valence-corrected chi connectivity index (χ1v) is 7.86. The Labute approximate surface area is 137 Å². The van der Waals surface area contributed by atoms with Crippen molar-refractivity contribution in [2.75, 3.05) is 31.1 Å². The van der Waals surface area contributed by atoms with E-state index in [0.717, 1.165) is 6.54 Å². The standard InChI is InChI=1S/C16H17FN4O3/c17-11-5-19-16(20-6-11)21-7-12-10(9-24-14(12)8-21)4-18-15(22)13-2-1-3-23-13/h1-3,5-6,10,12,14H,4,7-9H2,(H,18,22)/t10-,12+,14+/m1/s1. The van der Waals surface area contributed by atoms with Crippen LogP contribution in [0.15, 0.2) is 35.2 Å². The van der Waals surface area contributed by atoms with Crippen molar-refractivity contribution in [1.82, 2.24) is 15.3 Å². The molecule has 4 heterocycles. The first kappa shape index (κ1) is 15.1. The van der Waals surface area contributed by atoms with Gasteiger partial charge in [-0.05, 0) is 12.1 Å². The lowest BCUT2D eigenvalue weighted by Crippen LogP contribution is -2.34. The second kappa shape index (κ2) is 6.20. The van der Waals surface area contributed by atoms with Gasteiger partial charge in [-0.3, -0.25) is 4.79 Å². The maximum absolute atomic E-state index is 12.9. The minimum Gasteiger partial charge on any atom is -0.459 e. The quantitative estimate of drug-likeness (QED) is 0.903. The largest absolute Gasteiger partial charge is 0.459 e. The van der Waals surface area contributed by atoms with Crippen LogP contribution in [-0.2, 0) is 4.74 Å². The number of hydrogen-bond donors (Lipinski definition) is 1. The molecule has 2 aliphatic rings.